The molecule has 9 heteroatoms. The molecule has 23 heavy (non-hydrogen) atoms. The highest BCUT2D eigenvalue weighted by atomic mass is 32.2. The van der Waals surface area contributed by atoms with Gasteiger partial charge in [-0.05, 0) is 19.8 Å². The molecule has 1 fully saturated rings. The summed E-state index contributed by atoms with van der Waals surface area (Å²) < 4.78 is 34.2. The standard InChI is InChI=1S/C14H19N5O3S/c1-11-9-17-18(2)14(11)23(20,21)19-7-3-12(4-8-19)22-13-10-15-5-6-16-13/h5-6,9-10,12H,3-4,7-8H2,1-2H3. The van der Waals surface area contributed by atoms with Crippen LogP contribution in [0.5, 0.6) is 5.88 Å². The Morgan fingerprint density at radius 3 is 2.52 bits per heavy atom. The van der Waals surface area contributed by atoms with E-state index in [9.17, 15) is 8.42 Å². The normalized spacial score (nSPS) is 17.3. The number of rotatable bonds is 4. The van der Waals surface area contributed by atoms with Crippen molar-refractivity contribution >= 4 is 10.0 Å². The molecule has 0 atom stereocenters. The van der Waals surface area contributed by atoms with Gasteiger partial charge in [-0.25, -0.2) is 13.4 Å². The van der Waals surface area contributed by atoms with Gasteiger partial charge in [-0.15, -0.1) is 0 Å². The molecule has 0 bridgehead atoms. The van der Waals surface area contributed by atoms with Crippen LogP contribution in [0, 0.1) is 6.92 Å². The summed E-state index contributed by atoms with van der Waals surface area (Å²) in [6, 6.07) is 0. The molecule has 0 N–H and O–H groups in total. The molecule has 1 aliphatic rings. The molecule has 2 aromatic rings. The van der Waals surface area contributed by atoms with Gasteiger partial charge in [-0.1, -0.05) is 0 Å². The van der Waals surface area contributed by atoms with Gasteiger partial charge in [0.25, 0.3) is 10.0 Å². The summed E-state index contributed by atoms with van der Waals surface area (Å²) in [5, 5.41) is 4.27. The maximum atomic E-state index is 12.8. The van der Waals surface area contributed by atoms with Crippen LogP contribution in [-0.4, -0.2) is 51.7 Å². The lowest BCUT2D eigenvalue weighted by Crippen LogP contribution is -2.42. The Labute approximate surface area is 135 Å². The van der Waals surface area contributed by atoms with E-state index in [2.05, 4.69) is 15.1 Å². The van der Waals surface area contributed by atoms with E-state index in [0.717, 1.165) is 0 Å². The first-order valence-electron chi connectivity index (χ1n) is 7.40. The van der Waals surface area contributed by atoms with Crippen molar-refractivity contribution in [2.45, 2.75) is 30.9 Å². The minimum atomic E-state index is -3.53. The molecule has 0 saturated carbocycles. The van der Waals surface area contributed by atoms with Crippen LogP contribution in [0.15, 0.2) is 29.8 Å². The lowest BCUT2D eigenvalue weighted by Gasteiger charge is -2.31. The van der Waals surface area contributed by atoms with Crippen molar-refractivity contribution in [2.75, 3.05) is 13.1 Å². The van der Waals surface area contributed by atoms with E-state index >= 15 is 0 Å². The third-order valence-corrected chi connectivity index (χ3v) is 5.99. The van der Waals surface area contributed by atoms with Crippen molar-refractivity contribution in [1.29, 1.82) is 0 Å². The zero-order valence-electron chi connectivity index (χ0n) is 13.1. The molecule has 0 spiro atoms. The average Bonchev–Trinajstić information content (AvgIpc) is 2.88. The van der Waals surface area contributed by atoms with Gasteiger partial charge in [-0.3, -0.25) is 9.67 Å². The summed E-state index contributed by atoms with van der Waals surface area (Å²) in [4.78, 5) is 8.03. The highest BCUT2D eigenvalue weighted by Gasteiger charge is 2.33. The molecular formula is C14H19N5O3S. The fraction of sp³-hybridized carbons (Fsp3) is 0.500. The van der Waals surface area contributed by atoms with Crippen LogP contribution in [0.25, 0.3) is 0 Å². The van der Waals surface area contributed by atoms with Crippen molar-refractivity contribution in [1.82, 2.24) is 24.1 Å². The first-order chi connectivity index (χ1) is 11.0. The molecule has 0 unspecified atom stereocenters. The summed E-state index contributed by atoms with van der Waals surface area (Å²) in [6.45, 7) is 2.58. The van der Waals surface area contributed by atoms with Crippen molar-refractivity contribution in [2.24, 2.45) is 7.05 Å². The predicted molar refractivity (Wildman–Crippen MR) is 82.4 cm³/mol. The van der Waals surface area contributed by atoms with Crippen LogP contribution in [0.1, 0.15) is 18.4 Å². The van der Waals surface area contributed by atoms with E-state index in [1.165, 1.54) is 8.99 Å². The van der Waals surface area contributed by atoms with Gasteiger partial charge < -0.3 is 4.74 Å². The first-order valence-corrected chi connectivity index (χ1v) is 8.84. The van der Waals surface area contributed by atoms with E-state index < -0.39 is 10.0 Å². The Morgan fingerprint density at radius 2 is 1.96 bits per heavy atom. The van der Waals surface area contributed by atoms with Crippen LogP contribution in [0.3, 0.4) is 0 Å². The second-order valence-electron chi connectivity index (χ2n) is 5.52. The highest BCUT2D eigenvalue weighted by Crippen LogP contribution is 2.24. The maximum Gasteiger partial charge on any atom is 0.260 e. The zero-order chi connectivity index (χ0) is 16.4. The van der Waals surface area contributed by atoms with Crippen LogP contribution in [0.4, 0.5) is 0 Å². The largest absolute Gasteiger partial charge is 0.473 e. The van der Waals surface area contributed by atoms with Gasteiger partial charge in [0.2, 0.25) is 5.88 Å². The molecule has 0 aliphatic carbocycles. The molecule has 0 aromatic carbocycles. The predicted octanol–water partition coefficient (Wildman–Crippen LogP) is 0.751. The van der Waals surface area contributed by atoms with Gasteiger partial charge in [0.15, 0.2) is 5.03 Å². The topological polar surface area (TPSA) is 90.2 Å². The molecule has 1 aliphatic heterocycles. The Balaban J connectivity index is 1.67. The third kappa shape index (κ3) is 3.20. The van der Waals surface area contributed by atoms with Gasteiger partial charge in [-0.2, -0.15) is 9.40 Å². The van der Waals surface area contributed by atoms with Crippen molar-refractivity contribution < 1.29 is 13.2 Å². The summed E-state index contributed by atoms with van der Waals surface area (Å²) >= 11 is 0. The second-order valence-corrected chi connectivity index (χ2v) is 7.37. The number of piperidine rings is 1. The number of ether oxygens (including phenoxy) is 1. The smallest absolute Gasteiger partial charge is 0.260 e. The van der Waals surface area contributed by atoms with Crippen LogP contribution >= 0.6 is 0 Å². The molecule has 124 valence electrons. The molecule has 3 heterocycles. The van der Waals surface area contributed by atoms with Crippen molar-refractivity contribution in [3.8, 4) is 5.88 Å². The molecule has 3 rings (SSSR count). The fourth-order valence-corrected chi connectivity index (χ4v) is 4.51. The van der Waals surface area contributed by atoms with Gasteiger partial charge in [0.05, 0.1) is 12.4 Å². The Morgan fingerprint density at radius 1 is 1.22 bits per heavy atom. The molecule has 0 radical (unpaired) electrons. The molecule has 2 aromatic heterocycles. The van der Waals surface area contributed by atoms with E-state index in [-0.39, 0.29) is 11.1 Å². The first kappa shape index (κ1) is 15.9. The Kier molecular flexibility index (Phi) is 4.31. The van der Waals surface area contributed by atoms with Crippen molar-refractivity contribution in [3.63, 3.8) is 0 Å². The number of aryl methyl sites for hydroxylation is 2. The number of hydrogen-bond acceptors (Lipinski definition) is 6. The van der Waals surface area contributed by atoms with Gasteiger partial charge in [0, 0.05) is 38.1 Å². The number of hydrogen-bond donors (Lipinski definition) is 0. The van der Waals surface area contributed by atoms with Crippen LogP contribution in [0.2, 0.25) is 0 Å². The molecular weight excluding hydrogens is 318 g/mol. The zero-order valence-corrected chi connectivity index (χ0v) is 13.9. The third-order valence-electron chi connectivity index (χ3n) is 3.87. The maximum absolute atomic E-state index is 12.8. The highest BCUT2D eigenvalue weighted by molar-refractivity contribution is 7.89. The van der Waals surface area contributed by atoms with Gasteiger partial charge in [0.1, 0.15) is 6.10 Å². The molecule has 1 saturated heterocycles. The van der Waals surface area contributed by atoms with E-state index in [0.29, 0.717) is 37.4 Å². The lowest BCUT2D eigenvalue weighted by atomic mass is 10.1. The van der Waals surface area contributed by atoms with Crippen LogP contribution < -0.4 is 4.74 Å². The summed E-state index contributed by atoms with van der Waals surface area (Å²) in [5.74, 6) is 0.469. The number of aromatic nitrogens is 4. The SMILES string of the molecule is Cc1cnn(C)c1S(=O)(=O)N1CCC(Oc2cnccn2)CC1. The second kappa shape index (κ2) is 6.25. The summed E-state index contributed by atoms with van der Waals surface area (Å²) in [5.41, 5.74) is 0.658. The van der Waals surface area contributed by atoms with Crippen LogP contribution in [-0.2, 0) is 17.1 Å². The Bertz CT molecular complexity index is 747. The average molecular weight is 337 g/mol. The van der Waals surface area contributed by atoms with E-state index in [1.807, 2.05) is 0 Å². The van der Waals surface area contributed by atoms with Crippen molar-refractivity contribution in [3.05, 3.63) is 30.4 Å². The number of sulfonamides is 1. The number of nitrogens with zero attached hydrogens (tertiary/aromatic N) is 5. The fourth-order valence-electron chi connectivity index (χ4n) is 2.74. The summed E-state index contributed by atoms with van der Waals surface area (Å²) in [7, 11) is -1.88. The minimum Gasteiger partial charge on any atom is -0.473 e. The minimum absolute atomic E-state index is 0.0502. The monoisotopic (exact) mass is 337 g/mol. The van der Waals surface area contributed by atoms with E-state index in [1.54, 1.807) is 38.8 Å². The van der Waals surface area contributed by atoms with E-state index in [4.69, 9.17) is 4.74 Å². The Hall–Kier alpha value is -2.00. The lowest BCUT2D eigenvalue weighted by molar-refractivity contribution is 0.129. The quantitative estimate of drug-likeness (QED) is 0.818. The molecule has 8 nitrogen and oxygen atoms in total. The van der Waals surface area contributed by atoms with Gasteiger partial charge >= 0.3 is 0 Å². The molecule has 0 amide bonds. The summed E-state index contributed by atoms with van der Waals surface area (Å²) in [6.07, 6.45) is 7.46.